The molecule has 1 fully saturated rings. The van der Waals surface area contributed by atoms with Gasteiger partial charge in [-0.25, -0.2) is 4.39 Å². The predicted molar refractivity (Wildman–Crippen MR) is 106 cm³/mol. The van der Waals surface area contributed by atoms with E-state index in [1.165, 1.54) is 5.69 Å². The Morgan fingerprint density at radius 3 is 2.52 bits per heavy atom. The molecule has 4 rings (SSSR count). The van der Waals surface area contributed by atoms with E-state index in [1.807, 2.05) is 18.2 Å². The SMILES string of the molecule is CN1CCN(c2ccc(-c3cc(-c4cccc(OCF)c4)n[nH]3)cc2)CC1. The number of nitrogens with one attached hydrogen (secondary N) is 1. The Bertz CT molecular complexity index is 885. The summed E-state index contributed by atoms with van der Waals surface area (Å²) in [7, 11) is 2.16. The highest BCUT2D eigenvalue weighted by molar-refractivity contribution is 5.70. The van der Waals surface area contributed by atoms with Crippen molar-refractivity contribution in [3.05, 3.63) is 54.6 Å². The van der Waals surface area contributed by atoms with Gasteiger partial charge in [0.05, 0.1) is 11.4 Å². The van der Waals surface area contributed by atoms with E-state index in [1.54, 1.807) is 12.1 Å². The lowest BCUT2D eigenvalue weighted by Gasteiger charge is -2.34. The average Bonchev–Trinajstić information content (AvgIpc) is 3.20. The van der Waals surface area contributed by atoms with E-state index >= 15 is 0 Å². The van der Waals surface area contributed by atoms with Crippen molar-refractivity contribution >= 4 is 5.69 Å². The topological polar surface area (TPSA) is 44.4 Å². The van der Waals surface area contributed by atoms with Gasteiger partial charge in [-0.05, 0) is 42.9 Å². The second-order valence-corrected chi connectivity index (χ2v) is 6.79. The number of halogens is 1. The number of aromatic nitrogens is 2. The second-order valence-electron chi connectivity index (χ2n) is 6.79. The minimum atomic E-state index is -0.838. The van der Waals surface area contributed by atoms with Crippen molar-refractivity contribution in [2.24, 2.45) is 0 Å². The molecule has 0 spiro atoms. The first-order valence-electron chi connectivity index (χ1n) is 9.11. The van der Waals surface area contributed by atoms with Gasteiger partial charge in [-0.1, -0.05) is 24.3 Å². The summed E-state index contributed by atoms with van der Waals surface area (Å²) in [6.07, 6.45) is 0. The Hall–Kier alpha value is -2.86. The lowest BCUT2D eigenvalue weighted by Crippen LogP contribution is -2.44. The summed E-state index contributed by atoms with van der Waals surface area (Å²) in [4.78, 5) is 4.77. The summed E-state index contributed by atoms with van der Waals surface area (Å²) < 4.78 is 17.3. The number of alkyl halides is 1. The molecule has 1 aliphatic rings. The molecule has 0 unspecified atom stereocenters. The molecular formula is C21H23FN4O. The van der Waals surface area contributed by atoms with Crippen molar-refractivity contribution in [1.82, 2.24) is 15.1 Å². The maximum Gasteiger partial charge on any atom is 0.228 e. The van der Waals surface area contributed by atoms with E-state index < -0.39 is 6.86 Å². The molecule has 1 aliphatic heterocycles. The third-order valence-corrected chi connectivity index (χ3v) is 4.98. The Morgan fingerprint density at radius 2 is 1.78 bits per heavy atom. The van der Waals surface area contributed by atoms with E-state index in [2.05, 4.69) is 51.3 Å². The van der Waals surface area contributed by atoms with Crippen LogP contribution >= 0.6 is 0 Å². The van der Waals surface area contributed by atoms with Crippen molar-refractivity contribution in [2.75, 3.05) is 45.0 Å². The molecule has 0 atom stereocenters. The molecule has 2 heterocycles. The monoisotopic (exact) mass is 366 g/mol. The van der Waals surface area contributed by atoms with Crippen molar-refractivity contribution < 1.29 is 9.13 Å². The minimum Gasteiger partial charge on any atom is -0.463 e. The highest BCUT2D eigenvalue weighted by Crippen LogP contribution is 2.28. The maximum atomic E-state index is 12.4. The number of piperazine rings is 1. The van der Waals surface area contributed by atoms with E-state index in [4.69, 9.17) is 4.74 Å². The van der Waals surface area contributed by atoms with Gasteiger partial charge in [0.1, 0.15) is 5.75 Å². The molecule has 5 nitrogen and oxygen atoms in total. The van der Waals surface area contributed by atoms with Crippen molar-refractivity contribution in [3.8, 4) is 28.3 Å². The number of aromatic amines is 1. The van der Waals surface area contributed by atoms with Crippen LogP contribution in [0.5, 0.6) is 5.75 Å². The molecule has 2 aromatic carbocycles. The van der Waals surface area contributed by atoms with Crippen LogP contribution in [0.25, 0.3) is 22.5 Å². The average molecular weight is 366 g/mol. The highest BCUT2D eigenvalue weighted by atomic mass is 19.1. The zero-order valence-electron chi connectivity index (χ0n) is 15.4. The van der Waals surface area contributed by atoms with Gasteiger partial charge in [-0.3, -0.25) is 5.10 Å². The molecule has 0 radical (unpaired) electrons. The predicted octanol–water partition coefficient (Wildman–Crippen LogP) is 3.80. The molecule has 27 heavy (non-hydrogen) atoms. The molecule has 0 bridgehead atoms. The fourth-order valence-electron chi connectivity index (χ4n) is 3.34. The number of anilines is 1. The normalized spacial score (nSPS) is 15.1. The van der Waals surface area contributed by atoms with Crippen LogP contribution in [0.2, 0.25) is 0 Å². The van der Waals surface area contributed by atoms with Crippen LogP contribution in [0.1, 0.15) is 0 Å². The molecule has 6 heteroatoms. The zero-order valence-corrected chi connectivity index (χ0v) is 15.4. The first-order valence-corrected chi connectivity index (χ1v) is 9.11. The lowest BCUT2D eigenvalue weighted by atomic mass is 10.1. The van der Waals surface area contributed by atoms with Gasteiger partial charge < -0.3 is 14.5 Å². The van der Waals surface area contributed by atoms with Gasteiger partial charge >= 0.3 is 0 Å². The molecule has 140 valence electrons. The molecule has 3 aromatic rings. The van der Waals surface area contributed by atoms with Gasteiger partial charge in [-0.2, -0.15) is 5.10 Å². The highest BCUT2D eigenvalue weighted by Gasteiger charge is 2.14. The Kier molecular flexibility index (Phi) is 5.07. The smallest absolute Gasteiger partial charge is 0.228 e. The van der Waals surface area contributed by atoms with E-state index in [9.17, 15) is 4.39 Å². The van der Waals surface area contributed by atoms with Gasteiger partial charge in [0.15, 0.2) is 0 Å². The van der Waals surface area contributed by atoms with E-state index in [0.29, 0.717) is 5.75 Å². The fraction of sp³-hybridized carbons (Fsp3) is 0.286. The van der Waals surface area contributed by atoms with Crippen molar-refractivity contribution in [1.29, 1.82) is 0 Å². The van der Waals surface area contributed by atoms with E-state index in [-0.39, 0.29) is 0 Å². The number of nitrogens with zero attached hydrogens (tertiary/aromatic N) is 3. The Labute approximate surface area is 158 Å². The summed E-state index contributed by atoms with van der Waals surface area (Å²) in [6.45, 7) is 3.46. The van der Waals surface area contributed by atoms with Crippen LogP contribution < -0.4 is 9.64 Å². The largest absolute Gasteiger partial charge is 0.463 e. The van der Waals surface area contributed by atoms with Gasteiger partial charge in [0.25, 0.3) is 0 Å². The number of rotatable bonds is 5. The molecular weight excluding hydrogens is 343 g/mol. The van der Waals surface area contributed by atoms with Gasteiger partial charge in [0, 0.05) is 37.4 Å². The third kappa shape index (κ3) is 3.95. The van der Waals surface area contributed by atoms with Gasteiger partial charge in [0.2, 0.25) is 6.86 Å². The van der Waals surface area contributed by atoms with Crippen molar-refractivity contribution in [3.63, 3.8) is 0 Å². The van der Waals surface area contributed by atoms with Crippen LogP contribution in [-0.2, 0) is 0 Å². The summed E-state index contributed by atoms with van der Waals surface area (Å²) in [6, 6.07) is 17.8. The van der Waals surface area contributed by atoms with Crippen LogP contribution in [0.4, 0.5) is 10.1 Å². The maximum absolute atomic E-state index is 12.4. The standard InChI is InChI=1S/C21H23FN4O/c1-25-9-11-26(12-10-25)18-7-5-16(6-8-18)20-14-21(24-23-20)17-3-2-4-19(13-17)27-15-22/h2-8,13-14H,9-12,15H2,1H3,(H,23,24). The number of hydrogen-bond acceptors (Lipinski definition) is 4. The first kappa shape index (κ1) is 17.5. The molecule has 1 saturated heterocycles. The number of benzene rings is 2. The number of hydrogen-bond donors (Lipinski definition) is 1. The number of H-pyrrole nitrogens is 1. The molecule has 1 aromatic heterocycles. The first-order chi connectivity index (χ1) is 13.2. The second kappa shape index (κ2) is 7.80. The number of likely N-dealkylation sites (N-methyl/N-ethyl adjacent to an activating group) is 1. The van der Waals surface area contributed by atoms with Crippen LogP contribution in [-0.4, -0.2) is 55.2 Å². The molecule has 0 saturated carbocycles. The number of ether oxygens (including phenoxy) is 1. The summed E-state index contributed by atoms with van der Waals surface area (Å²) in [5, 5.41) is 7.49. The summed E-state index contributed by atoms with van der Waals surface area (Å²) >= 11 is 0. The van der Waals surface area contributed by atoms with E-state index in [0.717, 1.165) is 48.7 Å². The van der Waals surface area contributed by atoms with Gasteiger partial charge in [-0.15, -0.1) is 0 Å². The summed E-state index contributed by atoms with van der Waals surface area (Å²) in [5.74, 6) is 0.496. The van der Waals surface area contributed by atoms with Crippen molar-refractivity contribution in [2.45, 2.75) is 0 Å². The van der Waals surface area contributed by atoms with Crippen LogP contribution in [0.15, 0.2) is 54.6 Å². The fourth-order valence-corrected chi connectivity index (χ4v) is 3.34. The zero-order chi connectivity index (χ0) is 18.6. The summed E-state index contributed by atoms with van der Waals surface area (Å²) in [5.41, 5.74) is 4.98. The van der Waals surface area contributed by atoms with Crippen LogP contribution in [0, 0.1) is 0 Å². The minimum absolute atomic E-state index is 0.496. The quantitative estimate of drug-likeness (QED) is 0.746. The lowest BCUT2D eigenvalue weighted by molar-refractivity contribution is 0.192. The Balaban J connectivity index is 1.50. The molecule has 1 N–H and O–H groups in total. The van der Waals surface area contributed by atoms with Crippen LogP contribution in [0.3, 0.4) is 0 Å². The molecule has 0 aliphatic carbocycles. The third-order valence-electron chi connectivity index (χ3n) is 4.98. The molecule has 0 amide bonds. The Morgan fingerprint density at radius 1 is 1.00 bits per heavy atom.